The summed E-state index contributed by atoms with van der Waals surface area (Å²) in [5.74, 6) is 0. The second kappa shape index (κ2) is 4.09. The molecule has 0 aromatic heterocycles. The lowest BCUT2D eigenvalue weighted by molar-refractivity contribution is 0.520. The molecule has 0 unspecified atom stereocenters. The number of rotatable bonds is 0. The van der Waals surface area contributed by atoms with Gasteiger partial charge in [0.05, 0.1) is 0 Å². The Hall–Kier alpha value is -0.0800. The van der Waals surface area contributed by atoms with Crippen molar-refractivity contribution >= 4 is 0 Å². The monoisotopic (exact) mass is 99.1 g/mol. The van der Waals surface area contributed by atoms with Gasteiger partial charge in [0.15, 0.2) is 0 Å². The molecule has 1 fully saturated rings. The molecule has 0 bridgehead atoms. The zero-order valence-corrected chi connectivity index (χ0v) is 4.48. The first-order chi connectivity index (χ1) is 3.00. The van der Waals surface area contributed by atoms with Crippen LogP contribution in [0.3, 0.4) is 0 Å². The molecule has 0 atom stereocenters. The Bertz CT molecular complexity index is 21.6. The summed E-state index contributed by atoms with van der Waals surface area (Å²) in [7, 11) is 0. The standard InChI is InChI=1S/C5H11N.N/c1-2-4-6-5-3-1;/h6H,1-5H2;. The molecule has 41 valence electrons. The third kappa shape index (κ3) is 2.60. The lowest BCUT2D eigenvalue weighted by Gasteiger charge is -2.08. The Morgan fingerprint density at radius 1 is 0.857 bits per heavy atom. The minimum absolute atomic E-state index is 0. The highest BCUT2D eigenvalue weighted by molar-refractivity contribution is 4.55. The van der Waals surface area contributed by atoms with Crippen LogP contribution >= 0.6 is 0 Å². The molecule has 1 heterocycles. The molecular formula is C5H11N2. The molecule has 2 nitrogen and oxygen atoms in total. The van der Waals surface area contributed by atoms with Gasteiger partial charge in [0.25, 0.3) is 0 Å². The average Bonchev–Trinajstić information content (AvgIpc) is 1.72. The van der Waals surface area contributed by atoms with Gasteiger partial charge in [-0.3, -0.25) is 0 Å². The molecule has 1 aliphatic heterocycles. The van der Waals surface area contributed by atoms with E-state index in [-0.39, 0.29) is 6.15 Å². The Kier molecular flexibility index (Phi) is 4.04. The number of nitrogens with one attached hydrogen (secondary N) is 1. The van der Waals surface area contributed by atoms with Gasteiger partial charge in [0.1, 0.15) is 0 Å². The van der Waals surface area contributed by atoms with Crippen LogP contribution in [0.15, 0.2) is 0 Å². The number of piperidine rings is 1. The summed E-state index contributed by atoms with van der Waals surface area (Å²) in [6.45, 7) is 2.50. The van der Waals surface area contributed by atoms with Gasteiger partial charge in [-0.05, 0) is 25.9 Å². The van der Waals surface area contributed by atoms with Crippen molar-refractivity contribution in [1.82, 2.24) is 11.5 Å². The van der Waals surface area contributed by atoms with Crippen molar-refractivity contribution in [3.05, 3.63) is 0 Å². The largest absolute Gasteiger partial charge is 0.317 e. The Morgan fingerprint density at radius 2 is 1.43 bits per heavy atom. The minimum Gasteiger partial charge on any atom is -0.317 e. The van der Waals surface area contributed by atoms with Gasteiger partial charge in [-0.2, -0.15) is 0 Å². The molecular weight excluding hydrogens is 88.1 g/mol. The molecule has 0 aromatic carbocycles. The zero-order chi connectivity index (χ0) is 4.24. The maximum atomic E-state index is 3.28. The van der Waals surface area contributed by atoms with Crippen LogP contribution in [-0.2, 0) is 0 Å². The lowest BCUT2D eigenvalue weighted by Crippen LogP contribution is -2.21. The van der Waals surface area contributed by atoms with E-state index in [9.17, 15) is 0 Å². The van der Waals surface area contributed by atoms with E-state index in [0.29, 0.717) is 0 Å². The van der Waals surface area contributed by atoms with Crippen molar-refractivity contribution in [2.45, 2.75) is 19.3 Å². The van der Waals surface area contributed by atoms with Crippen molar-refractivity contribution in [3.63, 3.8) is 0 Å². The molecule has 3 radical (unpaired) electrons. The summed E-state index contributed by atoms with van der Waals surface area (Å²) in [4.78, 5) is 0. The summed E-state index contributed by atoms with van der Waals surface area (Å²) >= 11 is 0. The fraction of sp³-hybridized carbons (Fsp3) is 1.00. The number of hydrogen-bond acceptors (Lipinski definition) is 1. The van der Waals surface area contributed by atoms with Crippen LogP contribution in [0.25, 0.3) is 0 Å². The summed E-state index contributed by atoms with van der Waals surface area (Å²) in [5.41, 5.74) is 0. The number of nitrogens with zero attached hydrogens (tertiary/aromatic N) is 1. The van der Waals surface area contributed by atoms with Crippen LogP contribution in [0.4, 0.5) is 0 Å². The first kappa shape index (κ1) is 6.92. The highest BCUT2D eigenvalue weighted by atomic mass is 14.9. The third-order valence-electron chi connectivity index (χ3n) is 1.21. The molecule has 0 spiro atoms. The first-order valence-electron chi connectivity index (χ1n) is 2.71. The van der Waals surface area contributed by atoms with Crippen molar-refractivity contribution in [3.8, 4) is 0 Å². The van der Waals surface area contributed by atoms with Gasteiger partial charge in [-0.15, -0.1) is 0 Å². The van der Waals surface area contributed by atoms with Crippen LogP contribution in [0, 0.1) is 0 Å². The van der Waals surface area contributed by atoms with Crippen LogP contribution in [-0.4, -0.2) is 13.1 Å². The van der Waals surface area contributed by atoms with Gasteiger partial charge in [0.2, 0.25) is 0 Å². The van der Waals surface area contributed by atoms with Crippen LogP contribution in [0.2, 0.25) is 0 Å². The normalized spacial score (nSPS) is 20.6. The summed E-state index contributed by atoms with van der Waals surface area (Å²) in [6.07, 6.45) is 4.22. The van der Waals surface area contributed by atoms with Crippen LogP contribution in [0.5, 0.6) is 0 Å². The molecule has 1 N–H and O–H groups in total. The van der Waals surface area contributed by atoms with E-state index in [1.807, 2.05) is 0 Å². The summed E-state index contributed by atoms with van der Waals surface area (Å²) in [6, 6.07) is 0. The first-order valence-corrected chi connectivity index (χ1v) is 2.71. The predicted molar refractivity (Wildman–Crippen MR) is 28.9 cm³/mol. The average molecular weight is 99.2 g/mol. The molecule has 2 heteroatoms. The molecule has 0 amide bonds. The van der Waals surface area contributed by atoms with Crippen molar-refractivity contribution < 1.29 is 0 Å². The van der Waals surface area contributed by atoms with Gasteiger partial charge in [-0.1, -0.05) is 6.42 Å². The topological polar surface area (TPSA) is 42.5 Å². The molecule has 1 aliphatic rings. The van der Waals surface area contributed by atoms with Crippen molar-refractivity contribution in [2.24, 2.45) is 0 Å². The molecule has 0 aliphatic carbocycles. The summed E-state index contributed by atoms with van der Waals surface area (Å²) < 4.78 is 0. The second-order valence-corrected chi connectivity index (χ2v) is 1.81. The Balaban J connectivity index is 0.000000360. The van der Waals surface area contributed by atoms with Crippen LogP contribution < -0.4 is 11.5 Å². The molecule has 7 heavy (non-hydrogen) atoms. The Morgan fingerprint density at radius 3 is 1.57 bits per heavy atom. The fourth-order valence-electron chi connectivity index (χ4n) is 0.802. The van der Waals surface area contributed by atoms with Gasteiger partial charge >= 0.3 is 0 Å². The lowest BCUT2D eigenvalue weighted by atomic mass is 10.2. The van der Waals surface area contributed by atoms with E-state index in [4.69, 9.17) is 0 Å². The maximum Gasteiger partial charge on any atom is 0 e. The molecule has 1 saturated heterocycles. The van der Waals surface area contributed by atoms with E-state index in [0.717, 1.165) is 0 Å². The second-order valence-electron chi connectivity index (χ2n) is 1.81. The minimum atomic E-state index is 0. The molecule has 0 aromatic rings. The quantitative estimate of drug-likeness (QED) is 0.465. The molecule has 0 saturated carbocycles. The van der Waals surface area contributed by atoms with Crippen molar-refractivity contribution in [2.75, 3.05) is 13.1 Å². The predicted octanol–water partition coefficient (Wildman–Crippen LogP) is 0.279. The zero-order valence-electron chi connectivity index (χ0n) is 4.48. The van der Waals surface area contributed by atoms with Crippen molar-refractivity contribution in [1.29, 1.82) is 0 Å². The van der Waals surface area contributed by atoms with Gasteiger partial charge in [0, 0.05) is 6.15 Å². The van der Waals surface area contributed by atoms with Crippen LogP contribution in [0.1, 0.15) is 19.3 Å². The summed E-state index contributed by atoms with van der Waals surface area (Å²) in [5, 5.41) is 3.28. The van der Waals surface area contributed by atoms with E-state index in [2.05, 4.69) is 5.32 Å². The van der Waals surface area contributed by atoms with E-state index >= 15 is 0 Å². The van der Waals surface area contributed by atoms with E-state index < -0.39 is 0 Å². The van der Waals surface area contributed by atoms with Gasteiger partial charge < -0.3 is 5.32 Å². The van der Waals surface area contributed by atoms with E-state index in [1.165, 1.54) is 32.4 Å². The molecule has 1 rings (SSSR count). The van der Waals surface area contributed by atoms with E-state index in [1.54, 1.807) is 0 Å². The highest BCUT2D eigenvalue weighted by Crippen LogP contribution is 1.96. The Labute approximate surface area is 44.9 Å². The number of hydrogen-bond donors (Lipinski definition) is 1. The maximum absolute atomic E-state index is 3.28. The third-order valence-corrected chi connectivity index (χ3v) is 1.21. The van der Waals surface area contributed by atoms with Gasteiger partial charge in [-0.25, -0.2) is 0 Å². The highest BCUT2D eigenvalue weighted by Gasteiger charge is 1.93. The SMILES string of the molecule is C1CCNCC1.[N]. The fourth-order valence-corrected chi connectivity index (χ4v) is 0.802. The smallest absolute Gasteiger partial charge is 0 e.